The second-order valence-corrected chi connectivity index (χ2v) is 4.57. The first-order valence-corrected chi connectivity index (χ1v) is 6.34. The topological polar surface area (TPSA) is 80.1 Å². The molecular weight excluding hydrogens is 232 g/mol. The highest BCUT2D eigenvalue weighted by Gasteiger charge is 2.23. The Kier molecular flexibility index (Phi) is 3.96. The van der Waals surface area contributed by atoms with Crippen LogP contribution in [-0.2, 0) is 0 Å². The van der Waals surface area contributed by atoms with Crippen molar-refractivity contribution in [2.75, 3.05) is 23.7 Å². The minimum absolute atomic E-state index is 0.0395. The van der Waals surface area contributed by atoms with Crippen LogP contribution in [0.3, 0.4) is 0 Å². The van der Waals surface area contributed by atoms with E-state index in [-0.39, 0.29) is 5.69 Å². The molecule has 1 saturated carbocycles. The van der Waals surface area contributed by atoms with Gasteiger partial charge in [-0.25, -0.2) is 4.98 Å². The summed E-state index contributed by atoms with van der Waals surface area (Å²) in [7, 11) is 0. The maximum Gasteiger partial charge on any atom is 0.311 e. The number of hydrogen-bond acceptors (Lipinski definition) is 5. The quantitative estimate of drug-likeness (QED) is 0.574. The number of rotatable bonds is 7. The number of anilines is 2. The third-order valence-corrected chi connectivity index (χ3v) is 2.88. The summed E-state index contributed by atoms with van der Waals surface area (Å²) in [5.41, 5.74) is 0.0395. The van der Waals surface area contributed by atoms with Crippen LogP contribution in [0.15, 0.2) is 12.1 Å². The molecule has 0 aliphatic heterocycles. The van der Waals surface area contributed by atoms with Crippen LogP contribution in [0.25, 0.3) is 0 Å². The first-order valence-electron chi connectivity index (χ1n) is 6.34. The average Bonchev–Trinajstić information content (AvgIpc) is 3.17. The van der Waals surface area contributed by atoms with Gasteiger partial charge in [0, 0.05) is 19.2 Å². The van der Waals surface area contributed by atoms with E-state index in [1.54, 1.807) is 6.07 Å². The van der Waals surface area contributed by atoms with Crippen LogP contribution < -0.4 is 10.6 Å². The van der Waals surface area contributed by atoms with E-state index in [9.17, 15) is 10.1 Å². The Hall–Kier alpha value is -1.85. The fourth-order valence-electron chi connectivity index (χ4n) is 1.64. The molecule has 0 amide bonds. The molecule has 2 rings (SSSR count). The van der Waals surface area contributed by atoms with Gasteiger partial charge in [-0.3, -0.25) is 10.1 Å². The van der Waals surface area contributed by atoms with Crippen LogP contribution in [0, 0.1) is 16.0 Å². The summed E-state index contributed by atoms with van der Waals surface area (Å²) >= 11 is 0. The van der Waals surface area contributed by atoms with Crippen molar-refractivity contribution in [3.05, 3.63) is 22.2 Å². The number of nitrogens with one attached hydrogen (secondary N) is 2. The fraction of sp³-hybridized carbons (Fsp3) is 0.583. The van der Waals surface area contributed by atoms with E-state index in [0.29, 0.717) is 17.6 Å². The Morgan fingerprint density at radius 3 is 2.83 bits per heavy atom. The molecule has 1 aromatic heterocycles. The summed E-state index contributed by atoms with van der Waals surface area (Å²) < 4.78 is 0. The molecule has 1 aliphatic carbocycles. The lowest BCUT2D eigenvalue weighted by Crippen LogP contribution is -2.10. The predicted octanol–water partition coefficient (Wildman–Crippen LogP) is 2.63. The van der Waals surface area contributed by atoms with Crippen molar-refractivity contribution in [2.24, 2.45) is 5.92 Å². The number of aromatic nitrogens is 1. The molecular formula is C12H18N4O2. The molecule has 98 valence electrons. The molecule has 0 radical (unpaired) electrons. The normalized spacial score (nSPS) is 14.3. The lowest BCUT2D eigenvalue weighted by Gasteiger charge is -2.08. The van der Waals surface area contributed by atoms with Gasteiger partial charge in [0.25, 0.3) is 0 Å². The zero-order chi connectivity index (χ0) is 13.0. The maximum absolute atomic E-state index is 10.9. The molecule has 2 N–H and O–H groups in total. The highest BCUT2D eigenvalue weighted by molar-refractivity contribution is 5.60. The molecule has 6 nitrogen and oxygen atoms in total. The summed E-state index contributed by atoms with van der Waals surface area (Å²) in [5, 5.41) is 17.1. The molecule has 0 atom stereocenters. The van der Waals surface area contributed by atoms with Gasteiger partial charge in [-0.2, -0.15) is 0 Å². The highest BCUT2D eigenvalue weighted by Crippen LogP contribution is 2.30. The van der Waals surface area contributed by atoms with Crippen molar-refractivity contribution in [1.82, 2.24) is 4.98 Å². The van der Waals surface area contributed by atoms with E-state index in [2.05, 4.69) is 22.5 Å². The highest BCUT2D eigenvalue weighted by atomic mass is 16.6. The van der Waals surface area contributed by atoms with E-state index >= 15 is 0 Å². The smallest absolute Gasteiger partial charge is 0.311 e. The number of nitro groups is 1. The van der Waals surface area contributed by atoms with Crippen LogP contribution in [0.2, 0.25) is 0 Å². The standard InChI is InChI=1S/C12H18N4O2/c1-2-7-13-11-6-5-10(16(17)18)12(15-11)14-8-9-3-4-9/h5-6,9H,2-4,7-8H2,1H3,(H2,13,14,15). The lowest BCUT2D eigenvalue weighted by atomic mass is 10.3. The first kappa shape index (κ1) is 12.6. The monoisotopic (exact) mass is 250 g/mol. The molecule has 1 aliphatic rings. The van der Waals surface area contributed by atoms with E-state index < -0.39 is 4.92 Å². The summed E-state index contributed by atoms with van der Waals surface area (Å²) in [6, 6.07) is 3.15. The van der Waals surface area contributed by atoms with Gasteiger partial charge in [-0.05, 0) is 31.2 Å². The van der Waals surface area contributed by atoms with Crippen molar-refractivity contribution in [1.29, 1.82) is 0 Å². The Morgan fingerprint density at radius 2 is 2.22 bits per heavy atom. The zero-order valence-corrected chi connectivity index (χ0v) is 10.5. The van der Waals surface area contributed by atoms with Crippen LogP contribution in [0.5, 0.6) is 0 Å². The van der Waals surface area contributed by atoms with Gasteiger partial charge in [0.1, 0.15) is 5.82 Å². The minimum atomic E-state index is -0.397. The minimum Gasteiger partial charge on any atom is -0.370 e. The number of nitrogens with zero attached hydrogens (tertiary/aromatic N) is 2. The number of pyridine rings is 1. The van der Waals surface area contributed by atoms with Crippen LogP contribution in [0.1, 0.15) is 26.2 Å². The van der Waals surface area contributed by atoms with Gasteiger partial charge in [0.2, 0.25) is 5.82 Å². The molecule has 0 saturated heterocycles. The average molecular weight is 250 g/mol. The molecule has 0 aromatic carbocycles. The van der Waals surface area contributed by atoms with Gasteiger partial charge in [0.15, 0.2) is 0 Å². The molecule has 1 aromatic rings. The third-order valence-electron chi connectivity index (χ3n) is 2.88. The summed E-state index contributed by atoms with van der Waals surface area (Å²) in [5.74, 6) is 1.70. The molecule has 18 heavy (non-hydrogen) atoms. The molecule has 1 heterocycles. The van der Waals surface area contributed by atoms with Crippen molar-refractivity contribution in [3.63, 3.8) is 0 Å². The fourth-order valence-corrected chi connectivity index (χ4v) is 1.64. The molecule has 0 bridgehead atoms. The lowest BCUT2D eigenvalue weighted by molar-refractivity contribution is -0.384. The van der Waals surface area contributed by atoms with E-state index in [4.69, 9.17) is 0 Å². The second kappa shape index (κ2) is 5.66. The van der Waals surface area contributed by atoms with Gasteiger partial charge >= 0.3 is 5.69 Å². The predicted molar refractivity (Wildman–Crippen MR) is 70.9 cm³/mol. The third kappa shape index (κ3) is 3.32. The van der Waals surface area contributed by atoms with E-state index in [1.807, 2.05) is 0 Å². The van der Waals surface area contributed by atoms with Crippen molar-refractivity contribution < 1.29 is 4.92 Å². The Morgan fingerprint density at radius 1 is 1.44 bits per heavy atom. The van der Waals surface area contributed by atoms with Gasteiger partial charge in [-0.15, -0.1) is 0 Å². The molecule has 1 fully saturated rings. The Labute approximate surface area is 106 Å². The van der Waals surface area contributed by atoms with Crippen molar-refractivity contribution in [2.45, 2.75) is 26.2 Å². The van der Waals surface area contributed by atoms with Crippen LogP contribution >= 0.6 is 0 Å². The first-order chi connectivity index (χ1) is 8.70. The largest absolute Gasteiger partial charge is 0.370 e. The molecule has 6 heteroatoms. The van der Waals surface area contributed by atoms with Gasteiger partial charge in [0.05, 0.1) is 4.92 Å². The Bertz CT molecular complexity index is 432. The summed E-state index contributed by atoms with van der Waals surface area (Å²) in [6.45, 7) is 3.64. The van der Waals surface area contributed by atoms with Crippen LogP contribution in [0.4, 0.5) is 17.3 Å². The van der Waals surface area contributed by atoms with E-state index in [0.717, 1.165) is 19.5 Å². The van der Waals surface area contributed by atoms with Gasteiger partial charge in [-0.1, -0.05) is 6.92 Å². The SMILES string of the molecule is CCCNc1ccc([N+](=O)[O-])c(NCC2CC2)n1. The maximum atomic E-state index is 10.9. The van der Waals surface area contributed by atoms with Crippen LogP contribution in [-0.4, -0.2) is 23.0 Å². The van der Waals surface area contributed by atoms with E-state index in [1.165, 1.54) is 18.9 Å². The van der Waals surface area contributed by atoms with Crippen molar-refractivity contribution in [3.8, 4) is 0 Å². The molecule has 0 unspecified atom stereocenters. The van der Waals surface area contributed by atoms with Gasteiger partial charge < -0.3 is 10.6 Å². The molecule has 0 spiro atoms. The Balaban J connectivity index is 2.10. The zero-order valence-electron chi connectivity index (χ0n) is 10.5. The summed E-state index contributed by atoms with van der Waals surface area (Å²) in [4.78, 5) is 14.8. The van der Waals surface area contributed by atoms with Crippen molar-refractivity contribution >= 4 is 17.3 Å². The second-order valence-electron chi connectivity index (χ2n) is 4.57. The number of hydrogen-bond donors (Lipinski definition) is 2. The summed E-state index contributed by atoms with van der Waals surface area (Å²) in [6.07, 6.45) is 3.40.